The van der Waals surface area contributed by atoms with Crippen molar-refractivity contribution >= 4 is 5.96 Å². The summed E-state index contributed by atoms with van der Waals surface area (Å²) in [4.78, 5) is 7.08. The van der Waals surface area contributed by atoms with Crippen LogP contribution in [-0.2, 0) is 6.54 Å². The Morgan fingerprint density at radius 3 is 2.74 bits per heavy atom. The van der Waals surface area contributed by atoms with Crippen LogP contribution >= 0.6 is 0 Å². The Balaban J connectivity index is 1.28. The molecule has 2 aliphatic heterocycles. The summed E-state index contributed by atoms with van der Waals surface area (Å²) in [6.07, 6.45) is 7.68. The van der Waals surface area contributed by atoms with E-state index in [0.29, 0.717) is 12.6 Å². The molecule has 1 aromatic carbocycles. The molecule has 1 aliphatic carbocycles. The van der Waals surface area contributed by atoms with Crippen molar-refractivity contribution in [3.63, 3.8) is 0 Å². The summed E-state index contributed by atoms with van der Waals surface area (Å²) in [5.74, 6) is 2.56. The highest BCUT2D eigenvalue weighted by Gasteiger charge is 2.30. The van der Waals surface area contributed by atoms with E-state index in [9.17, 15) is 0 Å². The predicted octanol–water partition coefficient (Wildman–Crippen LogP) is 2.53. The normalized spacial score (nSPS) is 24.0. The summed E-state index contributed by atoms with van der Waals surface area (Å²) in [5, 5.41) is 7.05. The lowest BCUT2D eigenvalue weighted by Gasteiger charge is -2.24. The molecule has 0 spiro atoms. The van der Waals surface area contributed by atoms with Gasteiger partial charge in [-0.25, -0.2) is 0 Å². The summed E-state index contributed by atoms with van der Waals surface area (Å²) in [6.45, 7) is 4.50. The summed E-state index contributed by atoms with van der Waals surface area (Å²) in [5.41, 5.74) is 1.17. The summed E-state index contributed by atoms with van der Waals surface area (Å²) >= 11 is 0. The fourth-order valence-corrected chi connectivity index (χ4v) is 4.40. The average molecular weight is 373 g/mol. The van der Waals surface area contributed by atoms with E-state index < -0.39 is 0 Å². The van der Waals surface area contributed by atoms with Crippen molar-refractivity contribution in [3.8, 4) is 11.5 Å². The summed E-state index contributed by atoms with van der Waals surface area (Å²) < 4.78 is 11.5. The average Bonchev–Trinajstić information content (AvgIpc) is 3.32. The first kappa shape index (κ1) is 18.4. The Bertz CT molecular complexity index is 658. The maximum atomic E-state index is 5.79. The minimum atomic E-state index is 0.487. The van der Waals surface area contributed by atoms with Crippen molar-refractivity contribution < 1.29 is 9.47 Å². The highest BCUT2D eigenvalue weighted by molar-refractivity contribution is 5.80. The van der Waals surface area contributed by atoms with Crippen LogP contribution in [0.4, 0.5) is 0 Å². The van der Waals surface area contributed by atoms with Crippen molar-refractivity contribution in [1.82, 2.24) is 15.5 Å². The first-order chi connectivity index (χ1) is 13.3. The highest BCUT2D eigenvalue weighted by Crippen LogP contribution is 2.30. The number of hydrogen-bond acceptors (Lipinski definition) is 4. The number of benzene rings is 1. The zero-order chi connectivity index (χ0) is 18.5. The first-order valence-corrected chi connectivity index (χ1v) is 10.4. The third kappa shape index (κ3) is 4.67. The molecule has 6 nitrogen and oxygen atoms in total. The number of rotatable bonds is 4. The molecule has 4 rings (SSSR count). The number of fused-ring (bicyclic) bond motifs is 1. The van der Waals surface area contributed by atoms with Gasteiger partial charge in [-0.05, 0) is 37.0 Å². The topological polar surface area (TPSA) is 58.1 Å². The predicted molar refractivity (Wildman–Crippen MR) is 108 cm³/mol. The quantitative estimate of drug-likeness (QED) is 0.628. The molecular formula is C21H32N4O2. The summed E-state index contributed by atoms with van der Waals surface area (Å²) in [6, 6.07) is 7.46. The van der Waals surface area contributed by atoms with Crippen LogP contribution in [0.15, 0.2) is 23.2 Å². The van der Waals surface area contributed by atoms with Crippen LogP contribution in [0, 0.1) is 0 Å². The molecule has 2 fully saturated rings. The van der Waals surface area contributed by atoms with Crippen LogP contribution < -0.4 is 20.1 Å². The lowest BCUT2D eigenvalue weighted by Crippen LogP contribution is -2.45. The Morgan fingerprint density at radius 1 is 1.11 bits per heavy atom. The Morgan fingerprint density at radius 2 is 1.93 bits per heavy atom. The third-order valence-electron chi connectivity index (χ3n) is 5.90. The molecule has 27 heavy (non-hydrogen) atoms. The first-order valence-electron chi connectivity index (χ1n) is 10.4. The molecule has 148 valence electrons. The largest absolute Gasteiger partial charge is 0.490 e. The number of hydrogen-bond donors (Lipinski definition) is 2. The second kappa shape index (κ2) is 8.83. The lowest BCUT2D eigenvalue weighted by atomic mass is 10.2. The second-order valence-corrected chi connectivity index (χ2v) is 7.82. The van der Waals surface area contributed by atoms with Crippen molar-refractivity contribution in [2.75, 3.05) is 33.4 Å². The van der Waals surface area contributed by atoms with E-state index in [4.69, 9.17) is 9.47 Å². The Labute approximate surface area is 162 Å². The number of aliphatic imine (C=N–C) groups is 1. The van der Waals surface area contributed by atoms with E-state index in [1.54, 1.807) is 0 Å². The van der Waals surface area contributed by atoms with Crippen molar-refractivity contribution in [2.45, 2.75) is 57.2 Å². The zero-order valence-corrected chi connectivity index (χ0v) is 16.4. The lowest BCUT2D eigenvalue weighted by molar-refractivity contribution is 0.242. The Hall–Kier alpha value is -1.95. The summed E-state index contributed by atoms with van der Waals surface area (Å²) in [7, 11) is 1.84. The molecule has 1 aromatic rings. The molecule has 0 aromatic heterocycles. The van der Waals surface area contributed by atoms with Crippen LogP contribution in [0.1, 0.15) is 44.1 Å². The second-order valence-electron chi connectivity index (χ2n) is 7.82. The van der Waals surface area contributed by atoms with Gasteiger partial charge in [0.05, 0.1) is 13.2 Å². The van der Waals surface area contributed by atoms with Gasteiger partial charge < -0.3 is 20.1 Å². The van der Waals surface area contributed by atoms with Crippen molar-refractivity contribution in [3.05, 3.63) is 23.8 Å². The van der Waals surface area contributed by atoms with Gasteiger partial charge in [-0.2, -0.15) is 0 Å². The van der Waals surface area contributed by atoms with Crippen LogP contribution in [-0.4, -0.2) is 56.3 Å². The van der Waals surface area contributed by atoms with Gasteiger partial charge in [0.15, 0.2) is 17.5 Å². The standard InChI is InChI=1S/C21H32N4O2/c1-22-21(24-17-9-10-25(15-17)18-5-2-3-6-18)23-14-16-7-8-19-20(13-16)27-12-4-11-26-19/h7-8,13,17-18H,2-6,9-12,14-15H2,1H3,(H2,22,23,24). The van der Waals surface area contributed by atoms with Crippen LogP contribution in [0.5, 0.6) is 11.5 Å². The third-order valence-corrected chi connectivity index (χ3v) is 5.90. The van der Waals surface area contributed by atoms with Crippen LogP contribution in [0.3, 0.4) is 0 Å². The molecule has 1 atom stereocenters. The van der Waals surface area contributed by atoms with E-state index in [2.05, 4.69) is 32.7 Å². The monoisotopic (exact) mass is 372 g/mol. The SMILES string of the molecule is CN=C(NCc1ccc2c(c1)OCCCO2)NC1CCN(C2CCCC2)C1. The van der Waals surface area contributed by atoms with Gasteiger partial charge in [0, 0.05) is 45.2 Å². The van der Waals surface area contributed by atoms with Gasteiger partial charge in [-0.3, -0.25) is 9.89 Å². The van der Waals surface area contributed by atoms with E-state index >= 15 is 0 Å². The molecule has 1 saturated heterocycles. The number of ether oxygens (including phenoxy) is 2. The number of nitrogens with one attached hydrogen (secondary N) is 2. The van der Waals surface area contributed by atoms with Crippen LogP contribution in [0.2, 0.25) is 0 Å². The van der Waals surface area contributed by atoms with E-state index in [1.807, 2.05) is 13.1 Å². The van der Waals surface area contributed by atoms with Gasteiger partial charge in [-0.15, -0.1) is 0 Å². The zero-order valence-electron chi connectivity index (χ0n) is 16.4. The molecule has 0 radical (unpaired) electrons. The van der Waals surface area contributed by atoms with Gasteiger partial charge in [0.2, 0.25) is 0 Å². The molecular weight excluding hydrogens is 340 g/mol. The van der Waals surface area contributed by atoms with Crippen LogP contribution in [0.25, 0.3) is 0 Å². The molecule has 0 amide bonds. The highest BCUT2D eigenvalue weighted by atomic mass is 16.5. The number of likely N-dealkylation sites (tertiary alicyclic amines) is 1. The van der Waals surface area contributed by atoms with E-state index in [0.717, 1.165) is 49.6 Å². The van der Waals surface area contributed by atoms with Gasteiger partial charge in [-0.1, -0.05) is 18.9 Å². The molecule has 3 aliphatic rings. The number of nitrogens with zero attached hydrogens (tertiary/aromatic N) is 2. The maximum Gasteiger partial charge on any atom is 0.191 e. The number of guanidine groups is 1. The molecule has 1 saturated carbocycles. The van der Waals surface area contributed by atoms with Gasteiger partial charge in [0.1, 0.15) is 0 Å². The van der Waals surface area contributed by atoms with Crippen molar-refractivity contribution in [1.29, 1.82) is 0 Å². The van der Waals surface area contributed by atoms with Gasteiger partial charge in [0.25, 0.3) is 0 Å². The van der Waals surface area contributed by atoms with Crippen molar-refractivity contribution in [2.24, 2.45) is 4.99 Å². The molecule has 1 unspecified atom stereocenters. The van der Waals surface area contributed by atoms with E-state index in [-0.39, 0.29) is 0 Å². The smallest absolute Gasteiger partial charge is 0.191 e. The fraction of sp³-hybridized carbons (Fsp3) is 0.667. The van der Waals surface area contributed by atoms with Gasteiger partial charge >= 0.3 is 0 Å². The molecule has 2 heterocycles. The van der Waals surface area contributed by atoms with E-state index in [1.165, 1.54) is 44.2 Å². The molecule has 6 heteroatoms. The minimum Gasteiger partial charge on any atom is -0.490 e. The minimum absolute atomic E-state index is 0.487. The fourth-order valence-electron chi connectivity index (χ4n) is 4.40. The Kier molecular flexibility index (Phi) is 6.02. The maximum absolute atomic E-state index is 5.79. The molecule has 2 N–H and O–H groups in total. The molecule has 0 bridgehead atoms.